The van der Waals surface area contributed by atoms with Crippen LogP contribution in [0.5, 0.6) is 5.75 Å². The zero-order valence-electron chi connectivity index (χ0n) is 12.5. The molecule has 2 aromatic rings. The summed E-state index contributed by atoms with van der Waals surface area (Å²) in [4.78, 5) is 11.8. The fourth-order valence-corrected chi connectivity index (χ4v) is 2.20. The van der Waals surface area contributed by atoms with Gasteiger partial charge in [0.15, 0.2) is 6.10 Å². The summed E-state index contributed by atoms with van der Waals surface area (Å²) >= 11 is 0. The Bertz CT molecular complexity index is 634. The zero-order valence-corrected chi connectivity index (χ0v) is 12.5. The lowest BCUT2D eigenvalue weighted by Gasteiger charge is -2.19. The summed E-state index contributed by atoms with van der Waals surface area (Å²) in [6.07, 6.45) is -1.41. The minimum atomic E-state index is -0.728. The second-order valence-electron chi connectivity index (χ2n) is 4.89. The van der Waals surface area contributed by atoms with E-state index in [1.165, 1.54) is 0 Å². The monoisotopic (exact) mass is 288 g/mol. The fraction of sp³-hybridized carbons (Fsp3) is 0.353. The van der Waals surface area contributed by atoms with Gasteiger partial charge in [0.05, 0.1) is 12.7 Å². The molecule has 0 heterocycles. The molecule has 0 aliphatic rings. The summed E-state index contributed by atoms with van der Waals surface area (Å²) in [5.41, 5.74) is 0.657. The molecule has 0 saturated heterocycles. The van der Waals surface area contributed by atoms with Crippen LogP contribution in [-0.2, 0) is 9.53 Å². The number of benzene rings is 2. The van der Waals surface area contributed by atoms with Gasteiger partial charge in [-0.05, 0) is 26.2 Å². The molecule has 4 nitrogen and oxygen atoms in total. The Morgan fingerprint density at radius 2 is 1.90 bits per heavy atom. The summed E-state index contributed by atoms with van der Waals surface area (Å²) in [6, 6.07) is 11.5. The number of fused-ring (bicyclic) bond motifs is 1. The summed E-state index contributed by atoms with van der Waals surface area (Å²) in [5, 5.41) is 11.8. The van der Waals surface area contributed by atoms with Crippen LogP contribution in [0.2, 0.25) is 0 Å². The third-order valence-electron chi connectivity index (χ3n) is 3.27. The second kappa shape index (κ2) is 6.59. The Balaban J connectivity index is 2.44. The molecule has 2 rings (SSSR count). The van der Waals surface area contributed by atoms with Gasteiger partial charge in [0.25, 0.3) is 0 Å². The normalized spacial score (nSPS) is 13.7. The first-order valence-electron chi connectivity index (χ1n) is 7.07. The van der Waals surface area contributed by atoms with Gasteiger partial charge in [-0.25, -0.2) is 4.79 Å². The van der Waals surface area contributed by atoms with Crippen molar-refractivity contribution in [2.75, 3.05) is 6.61 Å². The molecule has 21 heavy (non-hydrogen) atoms. The third-order valence-corrected chi connectivity index (χ3v) is 3.27. The molecule has 0 radical (unpaired) electrons. The predicted molar refractivity (Wildman–Crippen MR) is 81.3 cm³/mol. The van der Waals surface area contributed by atoms with Crippen LogP contribution >= 0.6 is 0 Å². The van der Waals surface area contributed by atoms with E-state index in [9.17, 15) is 9.90 Å². The number of hydrogen-bond donors (Lipinski definition) is 1. The number of carbonyl (C=O) groups is 1. The highest BCUT2D eigenvalue weighted by molar-refractivity contribution is 5.90. The van der Waals surface area contributed by atoms with E-state index in [0.29, 0.717) is 17.9 Å². The van der Waals surface area contributed by atoms with Crippen molar-refractivity contribution in [2.45, 2.75) is 33.0 Å². The van der Waals surface area contributed by atoms with Gasteiger partial charge in [0, 0.05) is 10.9 Å². The van der Waals surface area contributed by atoms with Crippen molar-refractivity contribution >= 4 is 16.7 Å². The van der Waals surface area contributed by atoms with E-state index in [1.807, 2.05) is 36.4 Å². The predicted octanol–water partition coefficient (Wildman–Crippen LogP) is 3.22. The number of carbonyl (C=O) groups excluding carboxylic acids is 1. The number of aliphatic hydroxyl groups is 1. The molecule has 0 aromatic heterocycles. The molecule has 0 aliphatic carbocycles. The average molecular weight is 288 g/mol. The van der Waals surface area contributed by atoms with Crippen molar-refractivity contribution in [1.82, 2.24) is 0 Å². The Hall–Kier alpha value is -2.07. The van der Waals surface area contributed by atoms with Gasteiger partial charge in [-0.15, -0.1) is 0 Å². The smallest absolute Gasteiger partial charge is 0.347 e. The maximum absolute atomic E-state index is 11.8. The molecule has 112 valence electrons. The molecule has 1 N–H and O–H groups in total. The van der Waals surface area contributed by atoms with Gasteiger partial charge < -0.3 is 14.6 Å². The maximum atomic E-state index is 11.8. The van der Waals surface area contributed by atoms with E-state index in [4.69, 9.17) is 9.47 Å². The Kier molecular flexibility index (Phi) is 4.81. The minimum absolute atomic E-state index is 0.311. The Morgan fingerprint density at radius 3 is 2.57 bits per heavy atom. The molecular weight excluding hydrogens is 268 g/mol. The molecular formula is C17H20O4. The highest BCUT2D eigenvalue weighted by atomic mass is 16.6. The standard InChI is InChI=1S/C17H20O4/c1-4-20-17(19)12(3)21-16-14(11(2)18)10-9-13-7-5-6-8-15(13)16/h5-12,18H,4H2,1-3H3/t11-,12?/m0/s1. The van der Waals surface area contributed by atoms with Gasteiger partial charge in [-0.1, -0.05) is 36.4 Å². The van der Waals surface area contributed by atoms with Crippen molar-refractivity contribution < 1.29 is 19.4 Å². The van der Waals surface area contributed by atoms with Crippen LogP contribution in [0.1, 0.15) is 32.4 Å². The van der Waals surface area contributed by atoms with Crippen LogP contribution in [0, 0.1) is 0 Å². The molecule has 0 saturated carbocycles. The Labute approximate surface area is 124 Å². The molecule has 0 fully saturated rings. The van der Waals surface area contributed by atoms with Crippen LogP contribution in [-0.4, -0.2) is 23.8 Å². The lowest BCUT2D eigenvalue weighted by molar-refractivity contribution is -0.150. The first kappa shape index (κ1) is 15.3. The molecule has 0 aliphatic heterocycles. The highest BCUT2D eigenvalue weighted by Crippen LogP contribution is 2.34. The molecule has 0 amide bonds. The third kappa shape index (κ3) is 3.34. The Morgan fingerprint density at radius 1 is 1.19 bits per heavy atom. The number of rotatable bonds is 5. The van der Waals surface area contributed by atoms with Crippen molar-refractivity contribution in [1.29, 1.82) is 0 Å². The largest absolute Gasteiger partial charge is 0.478 e. The topological polar surface area (TPSA) is 55.8 Å². The highest BCUT2D eigenvalue weighted by Gasteiger charge is 2.20. The summed E-state index contributed by atoms with van der Waals surface area (Å²) in [6.45, 7) is 5.38. The molecule has 0 bridgehead atoms. The van der Waals surface area contributed by atoms with Crippen molar-refractivity contribution in [2.24, 2.45) is 0 Å². The lowest BCUT2D eigenvalue weighted by atomic mass is 10.0. The van der Waals surface area contributed by atoms with Crippen molar-refractivity contribution in [3.8, 4) is 5.75 Å². The van der Waals surface area contributed by atoms with Crippen LogP contribution in [0.4, 0.5) is 0 Å². The molecule has 0 spiro atoms. The van der Waals surface area contributed by atoms with Crippen LogP contribution in [0.25, 0.3) is 10.8 Å². The van der Waals surface area contributed by atoms with E-state index in [1.54, 1.807) is 20.8 Å². The van der Waals surface area contributed by atoms with E-state index in [2.05, 4.69) is 0 Å². The SMILES string of the molecule is CCOC(=O)C(C)Oc1c([C@H](C)O)ccc2ccccc12. The first-order valence-corrected chi connectivity index (χ1v) is 7.07. The molecule has 2 atom stereocenters. The summed E-state index contributed by atoms with van der Waals surface area (Å²) in [5.74, 6) is 0.116. The quantitative estimate of drug-likeness (QED) is 0.858. The van der Waals surface area contributed by atoms with Gasteiger partial charge in [-0.2, -0.15) is 0 Å². The first-order chi connectivity index (χ1) is 10.0. The van der Waals surface area contributed by atoms with Crippen molar-refractivity contribution in [3.63, 3.8) is 0 Å². The minimum Gasteiger partial charge on any atom is -0.478 e. The van der Waals surface area contributed by atoms with Crippen LogP contribution in [0.15, 0.2) is 36.4 Å². The van der Waals surface area contributed by atoms with Crippen LogP contribution < -0.4 is 4.74 Å². The summed E-state index contributed by atoms with van der Waals surface area (Å²) < 4.78 is 10.8. The van der Waals surface area contributed by atoms with Gasteiger partial charge >= 0.3 is 5.97 Å². The van der Waals surface area contributed by atoms with E-state index >= 15 is 0 Å². The zero-order chi connectivity index (χ0) is 15.4. The second-order valence-corrected chi connectivity index (χ2v) is 4.89. The van der Waals surface area contributed by atoms with Gasteiger partial charge in [-0.3, -0.25) is 0 Å². The number of esters is 1. The van der Waals surface area contributed by atoms with Crippen LogP contribution in [0.3, 0.4) is 0 Å². The number of hydrogen-bond acceptors (Lipinski definition) is 4. The maximum Gasteiger partial charge on any atom is 0.347 e. The lowest BCUT2D eigenvalue weighted by Crippen LogP contribution is -2.26. The van der Waals surface area contributed by atoms with E-state index < -0.39 is 18.2 Å². The number of aliphatic hydroxyl groups excluding tert-OH is 1. The van der Waals surface area contributed by atoms with Gasteiger partial charge in [0.1, 0.15) is 5.75 Å². The fourth-order valence-electron chi connectivity index (χ4n) is 2.20. The molecule has 1 unspecified atom stereocenters. The van der Waals surface area contributed by atoms with Crippen molar-refractivity contribution in [3.05, 3.63) is 42.0 Å². The molecule has 2 aromatic carbocycles. The summed E-state index contributed by atoms with van der Waals surface area (Å²) in [7, 11) is 0. The van der Waals surface area contributed by atoms with Gasteiger partial charge in [0.2, 0.25) is 0 Å². The van der Waals surface area contributed by atoms with E-state index in [-0.39, 0.29) is 0 Å². The van der Waals surface area contributed by atoms with E-state index in [0.717, 1.165) is 10.8 Å². The average Bonchev–Trinajstić information content (AvgIpc) is 2.47. The number of ether oxygens (including phenoxy) is 2. The molecule has 4 heteroatoms.